The molecule has 2 aliphatic heterocycles. The SMILES string of the molecule is C[N-]C1CCN(CC2CC[N-]CC2)CC1.[Na+].[Y]. The van der Waals surface area contributed by atoms with Gasteiger partial charge in [-0.05, 0) is 19.0 Å². The number of nitrogens with zero attached hydrogens (tertiary/aromatic N) is 3. The van der Waals surface area contributed by atoms with Crippen molar-refractivity contribution in [2.75, 3.05) is 39.8 Å². The summed E-state index contributed by atoms with van der Waals surface area (Å²) in [6, 6.07) is 0.641. The van der Waals surface area contributed by atoms with Crippen LogP contribution in [0.5, 0.6) is 0 Å². The van der Waals surface area contributed by atoms with Crippen molar-refractivity contribution < 1.29 is 62.3 Å². The molecule has 0 aromatic carbocycles. The molecule has 0 atom stereocenters. The Morgan fingerprint density at radius 2 is 1.71 bits per heavy atom. The summed E-state index contributed by atoms with van der Waals surface area (Å²) in [6.07, 6.45) is 5.18. The predicted octanol–water partition coefficient (Wildman–Crippen LogP) is -0.760. The Kier molecular flexibility index (Phi) is 12.0. The van der Waals surface area contributed by atoms with Crippen LogP contribution in [0.3, 0.4) is 0 Å². The first-order valence-electron chi connectivity index (χ1n) is 6.33. The van der Waals surface area contributed by atoms with Crippen LogP contribution < -0.4 is 29.6 Å². The summed E-state index contributed by atoms with van der Waals surface area (Å²) in [5, 5.41) is 8.80. The monoisotopic (exact) mass is 321 g/mol. The minimum atomic E-state index is 0. The fourth-order valence-electron chi connectivity index (χ4n) is 2.71. The summed E-state index contributed by atoms with van der Waals surface area (Å²) in [6.45, 7) is 6.04. The zero-order chi connectivity index (χ0) is 10.5. The molecule has 3 nitrogen and oxygen atoms in total. The van der Waals surface area contributed by atoms with Crippen molar-refractivity contribution >= 4 is 0 Å². The average Bonchev–Trinajstić information content (AvgIpc) is 2.31. The predicted molar refractivity (Wildman–Crippen MR) is 64.6 cm³/mol. The molecule has 0 aromatic heterocycles. The molecule has 91 valence electrons. The van der Waals surface area contributed by atoms with Crippen molar-refractivity contribution in [1.29, 1.82) is 0 Å². The van der Waals surface area contributed by atoms with Gasteiger partial charge < -0.3 is 15.5 Å². The van der Waals surface area contributed by atoms with Gasteiger partial charge in [0.05, 0.1) is 0 Å². The van der Waals surface area contributed by atoms with Crippen LogP contribution in [0.25, 0.3) is 10.6 Å². The second kappa shape index (κ2) is 10.7. The van der Waals surface area contributed by atoms with Crippen molar-refractivity contribution in [3.8, 4) is 0 Å². The number of likely N-dealkylation sites (tertiary alicyclic amines) is 1. The molecule has 5 heteroatoms. The summed E-state index contributed by atoms with van der Waals surface area (Å²) in [5.41, 5.74) is 0. The van der Waals surface area contributed by atoms with E-state index in [1.807, 2.05) is 7.05 Å². The molecule has 17 heavy (non-hydrogen) atoms. The van der Waals surface area contributed by atoms with E-state index in [2.05, 4.69) is 15.5 Å². The Morgan fingerprint density at radius 1 is 1.12 bits per heavy atom. The Labute approximate surface area is 153 Å². The van der Waals surface area contributed by atoms with Gasteiger partial charge in [0.15, 0.2) is 0 Å². The van der Waals surface area contributed by atoms with Gasteiger partial charge in [-0.3, -0.25) is 0 Å². The number of rotatable bonds is 3. The minimum Gasteiger partial charge on any atom is -0.662 e. The first-order valence-corrected chi connectivity index (χ1v) is 6.33. The molecular formula is C12H23N3NaY-. The fraction of sp³-hybridized carbons (Fsp3) is 1.00. The molecule has 2 rings (SSSR count). The summed E-state index contributed by atoms with van der Waals surface area (Å²) in [7, 11) is 1.96. The molecule has 0 N–H and O–H groups in total. The normalized spacial score (nSPS) is 23.8. The quantitative estimate of drug-likeness (QED) is 0.629. The first-order chi connectivity index (χ1) is 7.38. The molecule has 0 aliphatic carbocycles. The Bertz CT molecular complexity index is 181. The van der Waals surface area contributed by atoms with E-state index in [9.17, 15) is 0 Å². The van der Waals surface area contributed by atoms with E-state index in [-0.39, 0.29) is 62.3 Å². The van der Waals surface area contributed by atoms with Crippen LogP contribution >= 0.6 is 0 Å². The molecular weight excluding hydrogens is 298 g/mol. The molecule has 2 aliphatic rings. The summed E-state index contributed by atoms with van der Waals surface area (Å²) < 4.78 is 0. The molecule has 0 unspecified atom stereocenters. The summed E-state index contributed by atoms with van der Waals surface area (Å²) in [4.78, 5) is 2.64. The zero-order valence-corrected chi connectivity index (χ0v) is 16.3. The minimum absolute atomic E-state index is 0. The van der Waals surface area contributed by atoms with E-state index in [4.69, 9.17) is 0 Å². The van der Waals surface area contributed by atoms with E-state index < -0.39 is 0 Å². The topological polar surface area (TPSA) is 31.4 Å². The third-order valence-electron chi connectivity index (χ3n) is 3.83. The van der Waals surface area contributed by atoms with E-state index in [1.54, 1.807) is 0 Å². The average molecular weight is 321 g/mol. The van der Waals surface area contributed by atoms with E-state index in [0.717, 1.165) is 19.0 Å². The smallest absolute Gasteiger partial charge is 0.662 e. The molecule has 0 aromatic rings. The van der Waals surface area contributed by atoms with E-state index in [1.165, 1.54) is 45.3 Å². The van der Waals surface area contributed by atoms with Crippen LogP contribution in [0.2, 0.25) is 0 Å². The zero-order valence-electron chi connectivity index (χ0n) is 11.4. The van der Waals surface area contributed by atoms with Crippen LogP contribution in [0, 0.1) is 5.92 Å². The Balaban J connectivity index is 0.00000128. The standard InChI is InChI=1S/C12H23N3.Na.Y/c1-13-12-4-8-15(9-5-12)10-11-2-6-14-7-3-11;;/h11-12H,2-10H2,1H3;;/q-2;+1;. The van der Waals surface area contributed by atoms with Crippen LogP contribution in [0.15, 0.2) is 0 Å². The fourth-order valence-corrected chi connectivity index (χ4v) is 2.71. The molecule has 2 saturated heterocycles. The molecule has 1 radical (unpaired) electrons. The maximum Gasteiger partial charge on any atom is 1.00 e. The van der Waals surface area contributed by atoms with Gasteiger partial charge in [0.2, 0.25) is 0 Å². The maximum absolute atomic E-state index is 4.41. The van der Waals surface area contributed by atoms with Crippen molar-refractivity contribution in [2.24, 2.45) is 5.92 Å². The van der Waals surface area contributed by atoms with E-state index in [0.29, 0.717) is 6.04 Å². The van der Waals surface area contributed by atoms with Gasteiger partial charge in [-0.15, -0.1) is 19.1 Å². The third kappa shape index (κ3) is 6.81. The van der Waals surface area contributed by atoms with Gasteiger partial charge in [0, 0.05) is 39.3 Å². The van der Waals surface area contributed by atoms with Crippen LogP contribution in [-0.4, -0.2) is 50.7 Å². The second-order valence-corrected chi connectivity index (χ2v) is 4.90. The van der Waals surface area contributed by atoms with Gasteiger partial charge in [-0.2, -0.15) is 7.05 Å². The van der Waals surface area contributed by atoms with Crippen molar-refractivity contribution in [1.82, 2.24) is 4.90 Å². The number of hydrogen-bond donors (Lipinski definition) is 0. The molecule has 0 bridgehead atoms. The molecule has 2 fully saturated rings. The van der Waals surface area contributed by atoms with Gasteiger partial charge in [-0.25, -0.2) is 0 Å². The Hall–Kier alpha value is 1.98. The molecule has 0 saturated carbocycles. The van der Waals surface area contributed by atoms with Crippen LogP contribution in [0.1, 0.15) is 25.7 Å². The van der Waals surface area contributed by atoms with Crippen molar-refractivity contribution in [3.63, 3.8) is 0 Å². The van der Waals surface area contributed by atoms with Gasteiger partial charge in [0.1, 0.15) is 0 Å². The Morgan fingerprint density at radius 3 is 2.24 bits per heavy atom. The largest absolute Gasteiger partial charge is 1.00 e. The van der Waals surface area contributed by atoms with Crippen molar-refractivity contribution in [2.45, 2.75) is 31.7 Å². The molecule has 0 spiro atoms. The summed E-state index contributed by atoms with van der Waals surface area (Å²) in [5.74, 6) is 0.914. The number of piperidine rings is 2. The van der Waals surface area contributed by atoms with Gasteiger partial charge >= 0.3 is 29.6 Å². The second-order valence-electron chi connectivity index (χ2n) is 4.90. The van der Waals surface area contributed by atoms with Crippen molar-refractivity contribution in [3.05, 3.63) is 10.6 Å². The van der Waals surface area contributed by atoms with Gasteiger partial charge in [-0.1, -0.05) is 25.7 Å². The third-order valence-corrected chi connectivity index (χ3v) is 3.83. The molecule has 0 amide bonds. The maximum atomic E-state index is 4.41. The summed E-state index contributed by atoms with van der Waals surface area (Å²) >= 11 is 0. The van der Waals surface area contributed by atoms with Crippen LogP contribution in [0.4, 0.5) is 0 Å². The number of hydrogen-bond acceptors (Lipinski definition) is 1. The molecule has 2 heterocycles. The first kappa shape index (κ1) is 19.0. The van der Waals surface area contributed by atoms with E-state index >= 15 is 0 Å². The van der Waals surface area contributed by atoms with Gasteiger partial charge in [0.25, 0.3) is 0 Å². The van der Waals surface area contributed by atoms with Crippen LogP contribution in [-0.2, 0) is 32.7 Å².